The monoisotopic (exact) mass is 616 g/mol. The lowest BCUT2D eigenvalue weighted by Crippen LogP contribution is -2.54. The molecule has 2 atom stereocenters. The summed E-state index contributed by atoms with van der Waals surface area (Å²) in [5.41, 5.74) is -0.649. The van der Waals surface area contributed by atoms with E-state index in [0.717, 1.165) is 56.4 Å². The van der Waals surface area contributed by atoms with E-state index in [9.17, 15) is 27.6 Å². The molecular weight excluding hydrogens is 573 g/mol. The summed E-state index contributed by atoms with van der Waals surface area (Å²) in [7, 11) is 0. The summed E-state index contributed by atoms with van der Waals surface area (Å²) < 4.78 is 48.1. The Balaban J connectivity index is 1.000. The van der Waals surface area contributed by atoms with Gasteiger partial charge in [-0.25, -0.2) is 4.98 Å². The second-order valence-corrected chi connectivity index (χ2v) is 13.8. The summed E-state index contributed by atoms with van der Waals surface area (Å²) in [5, 5.41) is 5.78. The average molecular weight is 617 g/mol. The highest BCUT2D eigenvalue weighted by Gasteiger charge is 2.53. The molecule has 0 spiro atoms. The Morgan fingerprint density at radius 2 is 1.68 bits per heavy atom. The fraction of sp³-hybridized carbons (Fsp3) is 0.697. The number of benzene rings is 1. The number of piperidine rings is 1. The van der Waals surface area contributed by atoms with Gasteiger partial charge in [0.25, 0.3) is 5.56 Å². The van der Waals surface area contributed by atoms with Crippen LogP contribution in [0, 0.1) is 23.2 Å². The smallest absolute Gasteiger partial charge is 0.449 e. The number of aromatic nitrogens is 2. The van der Waals surface area contributed by atoms with E-state index in [2.05, 4.69) is 17.2 Å². The number of hydrogen-bond donors (Lipinski definition) is 2. The summed E-state index contributed by atoms with van der Waals surface area (Å²) in [6.07, 6.45) is 8.20. The van der Waals surface area contributed by atoms with Gasteiger partial charge in [-0.2, -0.15) is 13.2 Å². The van der Waals surface area contributed by atoms with Gasteiger partial charge in [0, 0.05) is 12.5 Å². The first-order valence-electron chi connectivity index (χ1n) is 16.4. The van der Waals surface area contributed by atoms with Crippen LogP contribution in [0.4, 0.5) is 13.2 Å². The SMILES string of the molecule is CC(NCCCCCCCOc1cccc2nc(C(F)(F)F)n([C@H]3CCC(=O)NC3=O)c(=O)c12)C12CC3CC(CC(C3)C1)C2. The maximum Gasteiger partial charge on any atom is 0.449 e. The first-order valence-corrected chi connectivity index (χ1v) is 16.4. The zero-order valence-corrected chi connectivity index (χ0v) is 25.4. The average Bonchev–Trinajstić information content (AvgIpc) is 2.95. The lowest BCUT2D eigenvalue weighted by molar-refractivity contribution is -0.150. The molecule has 4 bridgehead atoms. The summed E-state index contributed by atoms with van der Waals surface area (Å²) in [6, 6.07) is 3.44. The lowest BCUT2D eigenvalue weighted by Gasteiger charge is -2.59. The molecule has 1 unspecified atom stereocenters. The molecule has 1 aliphatic heterocycles. The van der Waals surface area contributed by atoms with Gasteiger partial charge in [-0.3, -0.25) is 24.3 Å². The fourth-order valence-corrected chi connectivity index (χ4v) is 8.93. The van der Waals surface area contributed by atoms with Crippen molar-refractivity contribution in [1.29, 1.82) is 0 Å². The molecule has 5 aliphatic rings. The number of unbranched alkanes of at least 4 members (excludes halogenated alkanes) is 4. The normalized spacial score (nSPS) is 28.8. The Bertz CT molecular complexity index is 1420. The van der Waals surface area contributed by atoms with Gasteiger partial charge in [-0.1, -0.05) is 25.3 Å². The van der Waals surface area contributed by atoms with E-state index in [-0.39, 0.29) is 29.5 Å². The standard InChI is InChI=1S/C33H43F3N4O4/c1-20(32-17-21-14-22(18-32)16-23(15-21)19-32)37-12-5-3-2-4-6-13-44-26-9-7-8-24-28(26)30(43)40(31(38-24)33(34,35)36)25-10-11-27(41)39-29(25)42/h7-9,20-23,25,37H,2-6,10-19H2,1H3,(H,39,41,42)/t20?,21?,22?,23?,25-,32?/m0/s1. The van der Waals surface area contributed by atoms with Crippen LogP contribution in [-0.4, -0.2) is 40.6 Å². The van der Waals surface area contributed by atoms with Gasteiger partial charge in [0.15, 0.2) is 0 Å². The van der Waals surface area contributed by atoms with Crippen LogP contribution in [0.5, 0.6) is 5.75 Å². The van der Waals surface area contributed by atoms with E-state index in [4.69, 9.17) is 4.74 Å². The Kier molecular flexibility index (Phi) is 8.78. The summed E-state index contributed by atoms with van der Waals surface area (Å²) in [6.45, 7) is 3.73. The van der Waals surface area contributed by atoms with E-state index in [1.807, 2.05) is 5.32 Å². The molecule has 1 aromatic heterocycles. The van der Waals surface area contributed by atoms with Crippen LogP contribution in [0.15, 0.2) is 23.0 Å². The minimum Gasteiger partial charge on any atom is -0.493 e. The van der Waals surface area contributed by atoms with E-state index in [1.165, 1.54) is 56.7 Å². The number of halogens is 3. The number of carbonyl (C=O) groups is 2. The van der Waals surface area contributed by atoms with E-state index >= 15 is 0 Å². The van der Waals surface area contributed by atoms with Crippen molar-refractivity contribution >= 4 is 22.7 Å². The van der Waals surface area contributed by atoms with Crippen LogP contribution in [0.25, 0.3) is 10.9 Å². The molecule has 240 valence electrons. The van der Waals surface area contributed by atoms with Crippen LogP contribution >= 0.6 is 0 Å². The highest BCUT2D eigenvalue weighted by Crippen LogP contribution is 2.61. The van der Waals surface area contributed by atoms with Gasteiger partial charge in [-0.05, 0) is 107 Å². The molecule has 0 radical (unpaired) electrons. The van der Waals surface area contributed by atoms with E-state index in [0.29, 0.717) is 22.6 Å². The zero-order valence-electron chi connectivity index (χ0n) is 25.4. The van der Waals surface area contributed by atoms with Crippen molar-refractivity contribution in [2.75, 3.05) is 13.2 Å². The highest BCUT2D eigenvalue weighted by atomic mass is 19.4. The van der Waals surface area contributed by atoms with Gasteiger partial charge >= 0.3 is 6.18 Å². The van der Waals surface area contributed by atoms with Crippen LogP contribution in [0.1, 0.15) is 102 Å². The number of carbonyl (C=O) groups excluding carboxylic acids is 2. The molecule has 8 nitrogen and oxygen atoms in total. The molecule has 2 heterocycles. The number of rotatable bonds is 12. The molecular formula is C33H43F3N4O4. The molecule has 1 aromatic carbocycles. The van der Waals surface area contributed by atoms with Gasteiger partial charge in [0.1, 0.15) is 17.2 Å². The number of fused-ring (bicyclic) bond motifs is 1. The maximum absolute atomic E-state index is 13.9. The van der Waals surface area contributed by atoms with Crippen molar-refractivity contribution in [2.24, 2.45) is 23.2 Å². The quantitative estimate of drug-likeness (QED) is 0.227. The Morgan fingerprint density at radius 3 is 2.34 bits per heavy atom. The second kappa shape index (κ2) is 12.4. The molecule has 2 N–H and O–H groups in total. The number of ether oxygens (including phenoxy) is 1. The van der Waals surface area contributed by atoms with Crippen molar-refractivity contribution < 1.29 is 27.5 Å². The summed E-state index contributed by atoms with van der Waals surface area (Å²) in [4.78, 5) is 41.2. The first kappa shape index (κ1) is 31.0. The van der Waals surface area contributed by atoms with Crippen LogP contribution < -0.4 is 20.9 Å². The molecule has 1 saturated heterocycles. The molecule has 5 fully saturated rings. The lowest BCUT2D eigenvalue weighted by atomic mass is 9.48. The topological polar surface area (TPSA) is 102 Å². The molecule has 44 heavy (non-hydrogen) atoms. The predicted molar refractivity (Wildman–Crippen MR) is 159 cm³/mol. The molecule has 4 saturated carbocycles. The predicted octanol–water partition coefficient (Wildman–Crippen LogP) is 5.92. The highest BCUT2D eigenvalue weighted by molar-refractivity contribution is 5.99. The molecule has 11 heteroatoms. The number of imide groups is 1. The van der Waals surface area contributed by atoms with Gasteiger partial charge < -0.3 is 10.1 Å². The number of nitrogens with zero attached hydrogens (tertiary/aromatic N) is 2. The summed E-state index contributed by atoms with van der Waals surface area (Å²) >= 11 is 0. The first-order chi connectivity index (χ1) is 21.0. The fourth-order valence-electron chi connectivity index (χ4n) is 8.93. The Morgan fingerprint density at radius 1 is 1.02 bits per heavy atom. The van der Waals surface area contributed by atoms with Crippen molar-refractivity contribution in [3.05, 3.63) is 34.4 Å². The summed E-state index contributed by atoms with van der Waals surface area (Å²) in [5.74, 6) is 0.00523. The number of hydrogen-bond acceptors (Lipinski definition) is 6. The third-order valence-electron chi connectivity index (χ3n) is 10.7. The minimum atomic E-state index is -4.98. The molecule has 7 rings (SSSR count). The number of amides is 2. The van der Waals surface area contributed by atoms with E-state index < -0.39 is 35.4 Å². The number of nitrogens with one attached hydrogen (secondary N) is 2. The van der Waals surface area contributed by atoms with Crippen LogP contribution in [-0.2, 0) is 15.8 Å². The third kappa shape index (κ3) is 6.26. The van der Waals surface area contributed by atoms with Gasteiger partial charge in [0.2, 0.25) is 17.6 Å². The minimum absolute atomic E-state index is 0.107. The van der Waals surface area contributed by atoms with Crippen LogP contribution in [0.2, 0.25) is 0 Å². The van der Waals surface area contributed by atoms with Gasteiger partial charge in [0.05, 0.1) is 12.1 Å². The maximum atomic E-state index is 13.9. The molecule has 2 amide bonds. The van der Waals surface area contributed by atoms with Crippen LogP contribution in [0.3, 0.4) is 0 Å². The Labute approximate surface area is 255 Å². The molecule has 4 aliphatic carbocycles. The van der Waals surface area contributed by atoms with Crippen molar-refractivity contribution in [3.63, 3.8) is 0 Å². The van der Waals surface area contributed by atoms with Gasteiger partial charge in [-0.15, -0.1) is 0 Å². The Hall–Kier alpha value is -2.95. The van der Waals surface area contributed by atoms with Crippen molar-refractivity contribution in [1.82, 2.24) is 20.2 Å². The zero-order chi connectivity index (χ0) is 31.1. The second-order valence-electron chi connectivity index (χ2n) is 13.8. The van der Waals surface area contributed by atoms with Crippen molar-refractivity contribution in [3.8, 4) is 5.75 Å². The van der Waals surface area contributed by atoms with Crippen molar-refractivity contribution in [2.45, 2.75) is 109 Å². The third-order valence-corrected chi connectivity index (χ3v) is 10.7. The molecule has 2 aromatic rings. The van der Waals surface area contributed by atoms with E-state index in [1.54, 1.807) is 0 Å². The largest absolute Gasteiger partial charge is 0.493 e. The number of alkyl halides is 3.